The predicted octanol–water partition coefficient (Wildman–Crippen LogP) is 1.70. The molecule has 88 valence electrons. The van der Waals surface area contributed by atoms with Crippen molar-refractivity contribution in [1.29, 1.82) is 0 Å². The van der Waals surface area contributed by atoms with Crippen LogP contribution in [0.1, 0.15) is 5.56 Å². The third kappa shape index (κ3) is 2.08. The van der Waals surface area contributed by atoms with E-state index in [-0.39, 0.29) is 18.7 Å². The van der Waals surface area contributed by atoms with Crippen molar-refractivity contribution in [1.82, 2.24) is 4.90 Å². The topological polar surface area (TPSA) is 29.5 Å². The van der Waals surface area contributed by atoms with E-state index in [2.05, 4.69) is 0 Å². The van der Waals surface area contributed by atoms with Gasteiger partial charge in [-0.05, 0) is 11.4 Å². The van der Waals surface area contributed by atoms with Gasteiger partial charge in [-0.2, -0.15) is 20.1 Å². The van der Waals surface area contributed by atoms with E-state index < -0.39 is 11.8 Å². The van der Waals surface area contributed by atoms with Crippen molar-refractivity contribution in [3.63, 3.8) is 0 Å². The number of morpholine rings is 1. The van der Waals surface area contributed by atoms with Crippen LogP contribution in [0.2, 0.25) is 0 Å². The zero-order valence-electron chi connectivity index (χ0n) is 8.49. The van der Waals surface area contributed by atoms with Gasteiger partial charge in [-0.3, -0.25) is 4.79 Å². The van der Waals surface area contributed by atoms with E-state index in [4.69, 9.17) is 4.74 Å². The number of amides is 1. The van der Waals surface area contributed by atoms with Gasteiger partial charge in [0.25, 0.3) is 5.91 Å². The van der Waals surface area contributed by atoms with Gasteiger partial charge < -0.3 is 9.64 Å². The monoisotopic (exact) mass is 247 g/mol. The number of hydrogen-bond acceptors (Lipinski definition) is 3. The molecule has 1 aliphatic heterocycles. The molecular weight excluding hydrogens is 236 g/mol. The van der Waals surface area contributed by atoms with Crippen molar-refractivity contribution in [3.8, 4) is 0 Å². The van der Waals surface area contributed by atoms with Crippen LogP contribution in [-0.2, 0) is 15.5 Å². The molecule has 1 saturated heterocycles. The Morgan fingerprint density at radius 3 is 2.69 bits per heavy atom. The second kappa shape index (κ2) is 4.47. The molecule has 1 aromatic rings. The SMILES string of the molecule is O=C(N1CCOCC1)C(F)(F)c1ccsc1. The van der Waals surface area contributed by atoms with Gasteiger partial charge in [0.15, 0.2) is 0 Å². The maximum atomic E-state index is 13.7. The quantitative estimate of drug-likeness (QED) is 0.796. The molecular formula is C10H11F2NO2S. The second-order valence-electron chi connectivity index (χ2n) is 3.49. The molecule has 2 heterocycles. The Morgan fingerprint density at radius 2 is 2.12 bits per heavy atom. The minimum atomic E-state index is -3.42. The fraction of sp³-hybridized carbons (Fsp3) is 0.500. The number of carbonyl (C=O) groups excluding carboxylic acids is 1. The van der Waals surface area contributed by atoms with Gasteiger partial charge in [0, 0.05) is 24.0 Å². The summed E-state index contributed by atoms with van der Waals surface area (Å²) in [6.07, 6.45) is 0. The summed E-state index contributed by atoms with van der Waals surface area (Å²) in [7, 11) is 0. The van der Waals surface area contributed by atoms with Gasteiger partial charge in [0.2, 0.25) is 0 Å². The number of alkyl halides is 2. The number of nitrogens with zero attached hydrogens (tertiary/aromatic N) is 1. The highest BCUT2D eigenvalue weighted by atomic mass is 32.1. The number of thiophene rings is 1. The van der Waals surface area contributed by atoms with Crippen LogP contribution in [-0.4, -0.2) is 37.1 Å². The summed E-state index contributed by atoms with van der Waals surface area (Å²) in [5.41, 5.74) is -0.228. The van der Waals surface area contributed by atoms with Crippen LogP contribution in [0.5, 0.6) is 0 Å². The van der Waals surface area contributed by atoms with E-state index in [9.17, 15) is 13.6 Å². The van der Waals surface area contributed by atoms with Gasteiger partial charge in [0.1, 0.15) is 0 Å². The first kappa shape index (κ1) is 11.5. The molecule has 0 N–H and O–H groups in total. The van der Waals surface area contributed by atoms with Gasteiger partial charge in [0.05, 0.1) is 13.2 Å². The lowest BCUT2D eigenvalue weighted by Gasteiger charge is -2.29. The summed E-state index contributed by atoms with van der Waals surface area (Å²) >= 11 is 1.16. The van der Waals surface area contributed by atoms with Crippen LogP contribution >= 0.6 is 11.3 Å². The average Bonchev–Trinajstić information content (AvgIpc) is 2.83. The first-order valence-electron chi connectivity index (χ1n) is 4.90. The Hall–Kier alpha value is -1.01. The van der Waals surface area contributed by atoms with Crippen LogP contribution < -0.4 is 0 Å². The van der Waals surface area contributed by atoms with Crippen LogP contribution in [0.15, 0.2) is 16.8 Å². The smallest absolute Gasteiger partial charge is 0.350 e. The second-order valence-corrected chi connectivity index (χ2v) is 4.27. The van der Waals surface area contributed by atoms with Gasteiger partial charge >= 0.3 is 5.92 Å². The molecule has 0 aromatic carbocycles. The van der Waals surface area contributed by atoms with E-state index in [1.165, 1.54) is 16.8 Å². The maximum Gasteiger partial charge on any atom is 0.350 e. The van der Waals surface area contributed by atoms with Crippen LogP contribution in [0.25, 0.3) is 0 Å². The lowest BCUT2D eigenvalue weighted by molar-refractivity contribution is -0.163. The molecule has 1 amide bonds. The molecule has 0 spiro atoms. The normalized spacial score (nSPS) is 17.5. The van der Waals surface area contributed by atoms with E-state index in [1.54, 1.807) is 0 Å². The van der Waals surface area contributed by atoms with Crippen LogP contribution in [0.3, 0.4) is 0 Å². The molecule has 3 nitrogen and oxygen atoms in total. The van der Waals surface area contributed by atoms with Crippen molar-refractivity contribution >= 4 is 17.2 Å². The van der Waals surface area contributed by atoms with Crippen molar-refractivity contribution in [3.05, 3.63) is 22.4 Å². The fourth-order valence-corrected chi connectivity index (χ4v) is 2.21. The van der Waals surface area contributed by atoms with Crippen molar-refractivity contribution < 1.29 is 18.3 Å². The van der Waals surface area contributed by atoms with E-state index in [0.717, 1.165) is 16.2 Å². The summed E-state index contributed by atoms with van der Waals surface area (Å²) in [6, 6.07) is 1.28. The molecule has 0 radical (unpaired) electrons. The maximum absolute atomic E-state index is 13.7. The van der Waals surface area contributed by atoms with Crippen molar-refractivity contribution in [2.75, 3.05) is 26.3 Å². The molecule has 0 saturated carbocycles. The molecule has 0 bridgehead atoms. The lowest BCUT2D eigenvalue weighted by Crippen LogP contribution is -2.47. The third-order valence-electron chi connectivity index (χ3n) is 2.45. The summed E-state index contributed by atoms with van der Waals surface area (Å²) in [5, 5.41) is 2.84. The summed E-state index contributed by atoms with van der Waals surface area (Å²) in [6.45, 7) is 1.12. The van der Waals surface area contributed by atoms with Crippen molar-refractivity contribution in [2.24, 2.45) is 0 Å². The molecule has 1 aliphatic rings. The summed E-state index contributed by atoms with van der Waals surface area (Å²) in [4.78, 5) is 12.8. The zero-order valence-corrected chi connectivity index (χ0v) is 9.30. The number of hydrogen-bond donors (Lipinski definition) is 0. The summed E-state index contributed by atoms with van der Waals surface area (Å²) < 4.78 is 32.5. The number of halogens is 2. The van der Waals surface area contributed by atoms with Crippen molar-refractivity contribution in [2.45, 2.75) is 5.92 Å². The third-order valence-corrected chi connectivity index (χ3v) is 3.13. The Morgan fingerprint density at radius 1 is 1.44 bits per heavy atom. The van der Waals surface area contributed by atoms with E-state index in [1.807, 2.05) is 0 Å². The standard InChI is InChI=1S/C10H11F2NO2S/c11-10(12,8-1-6-16-7-8)9(14)13-2-4-15-5-3-13/h1,6-7H,2-5H2. The summed E-state index contributed by atoms with van der Waals surface area (Å²) in [5.74, 6) is -4.55. The first-order valence-corrected chi connectivity index (χ1v) is 5.84. The zero-order chi connectivity index (χ0) is 11.6. The minimum Gasteiger partial charge on any atom is -0.378 e. The fourth-order valence-electron chi connectivity index (χ4n) is 1.53. The highest BCUT2D eigenvalue weighted by molar-refractivity contribution is 7.08. The Bertz CT molecular complexity index is 361. The Balaban J connectivity index is 2.13. The van der Waals surface area contributed by atoms with Gasteiger partial charge in [-0.25, -0.2) is 0 Å². The lowest BCUT2D eigenvalue weighted by atomic mass is 10.1. The van der Waals surface area contributed by atoms with E-state index >= 15 is 0 Å². The van der Waals surface area contributed by atoms with Gasteiger partial charge in [-0.1, -0.05) is 0 Å². The Labute approximate surface area is 95.6 Å². The largest absolute Gasteiger partial charge is 0.378 e. The first-order chi connectivity index (χ1) is 7.62. The highest BCUT2D eigenvalue weighted by Crippen LogP contribution is 2.31. The van der Waals surface area contributed by atoms with Gasteiger partial charge in [-0.15, -0.1) is 0 Å². The van der Waals surface area contributed by atoms with Crippen LogP contribution in [0.4, 0.5) is 8.78 Å². The molecule has 0 unspecified atom stereocenters. The molecule has 6 heteroatoms. The molecule has 1 aromatic heterocycles. The Kier molecular flexibility index (Phi) is 3.20. The molecule has 16 heavy (non-hydrogen) atoms. The number of ether oxygens (including phenoxy) is 1. The molecule has 2 rings (SSSR count). The molecule has 0 atom stereocenters. The number of rotatable bonds is 2. The predicted molar refractivity (Wildman–Crippen MR) is 55.6 cm³/mol. The van der Waals surface area contributed by atoms with Crippen LogP contribution in [0, 0.1) is 0 Å². The van der Waals surface area contributed by atoms with E-state index in [0.29, 0.717) is 13.2 Å². The molecule has 1 fully saturated rings. The molecule has 0 aliphatic carbocycles. The number of carbonyl (C=O) groups is 1. The highest BCUT2D eigenvalue weighted by Gasteiger charge is 2.44. The average molecular weight is 247 g/mol. The minimum absolute atomic E-state index is 0.228.